The normalized spacial score (nSPS) is 10.9. The van der Waals surface area contributed by atoms with Crippen LogP contribution in [0.15, 0.2) is 42.5 Å². The Kier molecular flexibility index (Phi) is 16.2. The van der Waals surface area contributed by atoms with E-state index in [1.54, 1.807) is 30.3 Å². The lowest BCUT2D eigenvalue weighted by Gasteiger charge is -2.11. The standard InChI is InChI=1S/C34H50O4/c1-4-6-8-10-12-14-16-18-26-37-33-25-22-30(27-28(33)3)34(36)38-31-23-20-29(21-24-31)32(35)19-17-15-13-11-9-7-5-2/h20-25,27H,4-19,26H2,1-3H3. The fourth-order valence-electron chi connectivity index (χ4n) is 4.62. The number of carbonyl (C=O) groups excluding carboxylic acids is 2. The number of unbranched alkanes of at least 4 members (excludes halogenated alkanes) is 13. The van der Waals surface area contributed by atoms with E-state index in [4.69, 9.17) is 9.47 Å². The van der Waals surface area contributed by atoms with Gasteiger partial charge in [-0.1, -0.05) is 97.3 Å². The van der Waals surface area contributed by atoms with Gasteiger partial charge in [-0.3, -0.25) is 4.79 Å². The first-order chi connectivity index (χ1) is 18.5. The Morgan fingerprint density at radius 3 is 1.74 bits per heavy atom. The van der Waals surface area contributed by atoms with Crippen molar-refractivity contribution >= 4 is 11.8 Å². The first-order valence-electron chi connectivity index (χ1n) is 15.1. The molecule has 0 aliphatic carbocycles. The van der Waals surface area contributed by atoms with Gasteiger partial charge in [0, 0.05) is 12.0 Å². The van der Waals surface area contributed by atoms with Crippen molar-refractivity contribution in [1.82, 2.24) is 0 Å². The van der Waals surface area contributed by atoms with Crippen molar-refractivity contribution in [2.24, 2.45) is 0 Å². The highest BCUT2D eigenvalue weighted by Crippen LogP contribution is 2.22. The van der Waals surface area contributed by atoms with Crippen LogP contribution in [0.4, 0.5) is 0 Å². The minimum Gasteiger partial charge on any atom is -0.493 e. The van der Waals surface area contributed by atoms with Gasteiger partial charge in [-0.05, 0) is 67.8 Å². The Balaban J connectivity index is 1.70. The maximum Gasteiger partial charge on any atom is 0.343 e. The van der Waals surface area contributed by atoms with E-state index in [1.165, 1.54) is 77.0 Å². The summed E-state index contributed by atoms with van der Waals surface area (Å²) in [6.45, 7) is 7.11. The lowest BCUT2D eigenvalue weighted by Crippen LogP contribution is -2.09. The van der Waals surface area contributed by atoms with E-state index in [0.29, 0.717) is 29.9 Å². The van der Waals surface area contributed by atoms with Crippen LogP contribution in [-0.2, 0) is 0 Å². The van der Waals surface area contributed by atoms with Crippen molar-refractivity contribution in [3.63, 3.8) is 0 Å². The van der Waals surface area contributed by atoms with Crippen LogP contribution in [0.3, 0.4) is 0 Å². The maximum absolute atomic E-state index is 12.7. The summed E-state index contributed by atoms with van der Waals surface area (Å²) in [4.78, 5) is 25.1. The quantitative estimate of drug-likeness (QED) is 0.0708. The third-order valence-electron chi connectivity index (χ3n) is 7.06. The second kappa shape index (κ2) is 19.4. The highest BCUT2D eigenvalue weighted by molar-refractivity contribution is 5.96. The van der Waals surface area contributed by atoms with Gasteiger partial charge in [0.2, 0.25) is 0 Å². The molecule has 0 atom stereocenters. The number of Topliss-reactive ketones (excluding diaryl/α,β-unsaturated/α-hetero) is 1. The zero-order valence-corrected chi connectivity index (χ0v) is 24.2. The topological polar surface area (TPSA) is 52.6 Å². The molecule has 38 heavy (non-hydrogen) atoms. The number of carbonyl (C=O) groups is 2. The minimum absolute atomic E-state index is 0.148. The minimum atomic E-state index is -0.412. The van der Waals surface area contributed by atoms with Crippen LogP contribution >= 0.6 is 0 Å². The molecule has 0 unspecified atom stereocenters. The molecule has 210 valence electrons. The third kappa shape index (κ3) is 12.8. The zero-order chi connectivity index (χ0) is 27.4. The average Bonchev–Trinajstić information content (AvgIpc) is 2.92. The lowest BCUT2D eigenvalue weighted by atomic mass is 10.0. The fourth-order valence-corrected chi connectivity index (χ4v) is 4.62. The van der Waals surface area contributed by atoms with Crippen LogP contribution < -0.4 is 9.47 Å². The molecule has 0 heterocycles. The van der Waals surface area contributed by atoms with Crippen LogP contribution in [-0.4, -0.2) is 18.4 Å². The molecule has 0 radical (unpaired) electrons. The molecule has 0 aliphatic heterocycles. The number of esters is 1. The molecule has 0 aliphatic rings. The number of hydrogen-bond donors (Lipinski definition) is 0. The van der Waals surface area contributed by atoms with Gasteiger partial charge in [-0.25, -0.2) is 4.79 Å². The van der Waals surface area contributed by atoms with Crippen molar-refractivity contribution in [3.8, 4) is 11.5 Å². The summed E-state index contributed by atoms with van der Waals surface area (Å²) in [5, 5.41) is 0. The summed E-state index contributed by atoms with van der Waals surface area (Å²) in [5.41, 5.74) is 2.08. The predicted molar refractivity (Wildman–Crippen MR) is 158 cm³/mol. The van der Waals surface area contributed by atoms with E-state index in [9.17, 15) is 9.59 Å². The van der Waals surface area contributed by atoms with Crippen molar-refractivity contribution in [2.75, 3.05) is 6.61 Å². The van der Waals surface area contributed by atoms with Crippen molar-refractivity contribution in [2.45, 2.75) is 124 Å². The molecule has 2 rings (SSSR count). The van der Waals surface area contributed by atoms with E-state index in [-0.39, 0.29) is 5.78 Å². The molecule has 0 bridgehead atoms. The van der Waals surface area contributed by atoms with Crippen LogP contribution in [0.25, 0.3) is 0 Å². The van der Waals surface area contributed by atoms with Crippen LogP contribution in [0, 0.1) is 6.92 Å². The predicted octanol–water partition coefficient (Wildman–Crippen LogP) is 10.1. The summed E-state index contributed by atoms with van der Waals surface area (Å²) in [6.07, 6.45) is 19.1. The Labute approximate surface area is 231 Å². The summed E-state index contributed by atoms with van der Waals surface area (Å²) in [5.74, 6) is 0.989. The summed E-state index contributed by atoms with van der Waals surface area (Å²) in [6, 6.07) is 12.3. The van der Waals surface area contributed by atoms with Gasteiger partial charge in [0.15, 0.2) is 5.78 Å². The molecule has 2 aromatic rings. The Hall–Kier alpha value is -2.62. The molecule has 4 heteroatoms. The van der Waals surface area contributed by atoms with E-state index in [0.717, 1.165) is 30.6 Å². The largest absolute Gasteiger partial charge is 0.493 e. The van der Waals surface area contributed by atoms with Gasteiger partial charge < -0.3 is 9.47 Å². The average molecular weight is 523 g/mol. The summed E-state index contributed by atoms with van der Waals surface area (Å²) in [7, 11) is 0. The first kappa shape index (κ1) is 31.6. The number of hydrogen-bond acceptors (Lipinski definition) is 4. The summed E-state index contributed by atoms with van der Waals surface area (Å²) >= 11 is 0. The Bertz CT molecular complexity index is 932. The smallest absolute Gasteiger partial charge is 0.343 e. The molecule has 0 saturated heterocycles. The van der Waals surface area contributed by atoms with Gasteiger partial charge in [-0.15, -0.1) is 0 Å². The monoisotopic (exact) mass is 522 g/mol. The molecule has 0 fully saturated rings. The lowest BCUT2D eigenvalue weighted by molar-refractivity contribution is 0.0734. The Morgan fingerprint density at radius 2 is 1.16 bits per heavy atom. The van der Waals surface area contributed by atoms with Gasteiger partial charge >= 0.3 is 5.97 Å². The van der Waals surface area contributed by atoms with Crippen LogP contribution in [0.1, 0.15) is 143 Å². The molecular weight excluding hydrogens is 472 g/mol. The number of ketones is 1. The van der Waals surface area contributed by atoms with E-state index < -0.39 is 5.97 Å². The van der Waals surface area contributed by atoms with Gasteiger partial charge in [0.25, 0.3) is 0 Å². The van der Waals surface area contributed by atoms with Crippen LogP contribution in [0.2, 0.25) is 0 Å². The number of ether oxygens (including phenoxy) is 2. The molecule has 0 saturated carbocycles. The van der Waals surface area contributed by atoms with E-state index in [2.05, 4.69) is 13.8 Å². The van der Waals surface area contributed by atoms with Gasteiger partial charge in [0.05, 0.1) is 12.2 Å². The summed E-state index contributed by atoms with van der Waals surface area (Å²) < 4.78 is 11.5. The molecule has 0 amide bonds. The van der Waals surface area contributed by atoms with Crippen molar-refractivity contribution in [1.29, 1.82) is 0 Å². The molecular formula is C34H50O4. The highest BCUT2D eigenvalue weighted by Gasteiger charge is 2.12. The molecule has 4 nitrogen and oxygen atoms in total. The van der Waals surface area contributed by atoms with Gasteiger partial charge in [-0.2, -0.15) is 0 Å². The van der Waals surface area contributed by atoms with Crippen molar-refractivity contribution < 1.29 is 19.1 Å². The molecule has 0 aromatic heterocycles. The second-order valence-electron chi connectivity index (χ2n) is 10.5. The van der Waals surface area contributed by atoms with E-state index >= 15 is 0 Å². The SMILES string of the molecule is CCCCCCCCCCOc1ccc(C(=O)Oc2ccc(C(=O)CCCCCCCCC)cc2)cc1C. The Morgan fingerprint density at radius 1 is 0.632 bits per heavy atom. The third-order valence-corrected chi connectivity index (χ3v) is 7.06. The molecule has 2 aromatic carbocycles. The van der Waals surface area contributed by atoms with Gasteiger partial charge in [0.1, 0.15) is 11.5 Å². The number of benzene rings is 2. The molecule has 0 N–H and O–H groups in total. The van der Waals surface area contributed by atoms with E-state index in [1.807, 2.05) is 19.1 Å². The van der Waals surface area contributed by atoms with Crippen LogP contribution in [0.5, 0.6) is 11.5 Å². The zero-order valence-electron chi connectivity index (χ0n) is 24.2. The number of aryl methyl sites for hydroxylation is 1. The van der Waals surface area contributed by atoms with Crippen molar-refractivity contribution in [3.05, 3.63) is 59.2 Å². The molecule has 0 spiro atoms. The second-order valence-corrected chi connectivity index (χ2v) is 10.5. The highest BCUT2D eigenvalue weighted by atomic mass is 16.5. The first-order valence-corrected chi connectivity index (χ1v) is 15.1. The fraction of sp³-hybridized carbons (Fsp3) is 0.588. The number of rotatable bonds is 21. The maximum atomic E-state index is 12.7.